The fourth-order valence-corrected chi connectivity index (χ4v) is 2.64. The molecule has 112 valence electrons. The minimum absolute atomic E-state index is 0.167. The second-order valence-electron chi connectivity index (χ2n) is 5.06. The van der Waals surface area contributed by atoms with Crippen molar-refractivity contribution in [1.29, 1.82) is 0 Å². The lowest BCUT2D eigenvalue weighted by Crippen LogP contribution is -2.31. The molecular formula is C15H22ClNO3. The Kier molecular flexibility index (Phi) is 6.10. The van der Waals surface area contributed by atoms with Crippen LogP contribution in [0, 0.1) is 5.92 Å². The number of ether oxygens (including phenoxy) is 2. The molecule has 0 saturated carbocycles. The molecule has 0 amide bonds. The summed E-state index contributed by atoms with van der Waals surface area (Å²) in [5.74, 6) is 0.918. The first kappa shape index (κ1) is 15.6. The number of rotatable bonds is 5. The van der Waals surface area contributed by atoms with Crippen molar-refractivity contribution in [2.75, 3.05) is 39.5 Å². The fraction of sp³-hybridized carbons (Fsp3) is 0.600. The first-order valence-corrected chi connectivity index (χ1v) is 7.43. The van der Waals surface area contributed by atoms with Gasteiger partial charge in [0.2, 0.25) is 0 Å². The molecule has 1 heterocycles. The van der Waals surface area contributed by atoms with Gasteiger partial charge in [-0.2, -0.15) is 0 Å². The Morgan fingerprint density at radius 1 is 1.50 bits per heavy atom. The first-order chi connectivity index (χ1) is 9.72. The van der Waals surface area contributed by atoms with Gasteiger partial charge in [0.1, 0.15) is 5.75 Å². The Labute approximate surface area is 125 Å². The lowest BCUT2D eigenvalue weighted by Gasteiger charge is -2.22. The highest BCUT2D eigenvalue weighted by molar-refractivity contribution is 6.32. The summed E-state index contributed by atoms with van der Waals surface area (Å²) in [5.41, 5.74) is 1.15. The lowest BCUT2D eigenvalue weighted by molar-refractivity contribution is 0.0958. The predicted octanol–water partition coefficient (Wildman–Crippen LogP) is 2.18. The van der Waals surface area contributed by atoms with Crippen LogP contribution >= 0.6 is 11.6 Å². The van der Waals surface area contributed by atoms with Crippen LogP contribution in [0.25, 0.3) is 0 Å². The third-order valence-electron chi connectivity index (χ3n) is 3.38. The van der Waals surface area contributed by atoms with Gasteiger partial charge in [0.25, 0.3) is 0 Å². The molecule has 0 radical (unpaired) electrons. The molecule has 1 saturated heterocycles. The Balaban J connectivity index is 1.99. The SMILES string of the molecule is CCOc1ccc(CN2CCOC[C@H](CO)C2)cc1Cl. The van der Waals surface area contributed by atoms with E-state index in [1.54, 1.807) is 0 Å². The maximum absolute atomic E-state index is 9.30. The van der Waals surface area contributed by atoms with Crippen molar-refractivity contribution in [1.82, 2.24) is 4.90 Å². The molecule has 1 aromatic rings. The molecule has 1 aromatic carbocycles. The molecule has 4 nitrogen and oxygen atoms in total. The van der Waals surface area contributed by atoms with E-state index in [1.807, 2.05) is 25.1 Å². The van der Waals surface area contributed by atoms with Crippen molar-refractivity contribution in [3.8, 4) is 5.75 Å². The van der Waals surface area contributed by atoms with Gasteiger partial charge in [-0.25, -0.2) is 0 Å². The molecule has 0 aliphatic carbocycles. The van der Waals surface area contributed by atoms with Crippen LogP contribution in [0.1, 0.15) is 12.5 Å². The average molecular weight is 300 g/mol. The minimum Gasteiger partial charge on any atom is -0.492 e. The van der Waals surface area contributed by atoms with Gasteiger partial charge in [0.15, 0.2) is 0 Å². The number of hydrogen-bond acceptors (Lipinski definition) is 4. The van der Waals surface area contributed by atoms with Crippen molar-refractivity contribution >= 4 is 11.6 Å². The highest BCUT2D eigenvalue weighted by atomic mass is 35.5. The van der Waals surface area contributed by atoms with E-state index in [2.05, 4.69) is 4.90 Å². The predicted molar refractivity (Wildman–Crippen MR) is 79.3 cm³/mol. The second-order valence-corrected chi connectivity index (χ2v) is 5.46. The quantitative estimate of drug-likeness (QED) is 0.905. The Morgan fingerprint density at radius 2 is 2.35 bits per heavy atom. The Bertz CT molecular complexity index is 428. The number of aliphatic hydroxyl groups is 1. The van der Waals surface area contributed by atoms with Gasteiger partial charge in [-0.15, -0.1) is 0 Å². The van der Waals surface area contributed by atoms with Gasteiger partial charge in [0.05, 0.1) is 24.8 Å². The van der Waals surface area contributed by atoms with E-state index in [1.165, 1.54) is 0 Å². The number of aliphatic hydroxyl groups excluding tert-OH is 1. The summed E-state index contributed by atoms with van der Waals surface area (Å²) < 4.78 is 10.9. The molecule has 20 heavy (non-hydrogen) atoms. The zero-order valence-corrected chi connectivity index (χ0v) is 12.6. The van der Waals surface area contributed by atoms with Crippen LogP contribution in [0.4, 0.5) is 0 Å². The summed E-state index contributed by atoms with van der Waals surface area (Å²) >= 11 is 6.21. The van der Waals surface area contributed by atoms with E-state index in [-0.39, 0.29) is 12.5 Å². The molecule has 1 aliphatic rings. The van der Waals surface area contributed by atoms with Gasteiger partial charge in [-0.05, 0) is 24.6 Å². The maximum Gasteiger partial charge on any atom is 0.137 e. The van der Waals surface area contributed by atoms with Crippen molar-refractivity contribution in [3.05, 3.63) is 28.8 Å². The summed E-state index contributed by atoms with van der Waals surface area (Å²) in [6, 6.07) is 5.90. The molecule has 1 atom stereocenters. The standard InChI is InChI=1S/C15H22ClNO3/c1-2-20-15-4-3-12(7-14(15)16)8-17-5-6-19-11-13(9-17)10-18/h3-4,7,13,18H,2,5-6,8-11H2,1H3/t13-/m0/s1. The molecule has 2 rings (SSSR count). The van der Waals surface area contributed by atoms with Gasteiger partial charge in [-0.1, -0.05) is 17.7 Å². The van der Waals surface area contributed by atoms with Gasteiger partial charge < -0.3 is 14.6 Å². The molecular weight excluding hydrogens is 278 g/mol. The van der Waals surface area contributed by atoms with Crippen molar-refractivity contribution in [2.24, 2.45) is 5.92 Å². The second kappa shape index (κ2) is 7.84. The zero-order valence-electron chi connectivity index (χ0n) is 11.8. The van der Waals surface area contributed by atoms with Crippen LogP contribution in [0.3, 0.4) is 0 Å². The van der Waals surface area contributed by atoms with E-state index in [0.717, 1.165) is 30.9 Å². The monoisotopic (exact) mass is 299 g/mol. The third kappa shape index (κ3) is 4.35. The van der Waals surface area contributed by atoms with E-state index in [4.69, 9.17) is 21.1 Å². The summed E-state index contributed by atoms with van der Waals surface area (Å²) in [7, 11) is 0. The lowest BCUT2D eigenvalue weighted by atomic mass is 10.1. The number of halogens is 1. The van der Waals surface area contributed by atoms with Crippen molar-refractivity contribution < 1.29 is 14.6 Å². The molecule has 0 aromatic heterocycles. The van der Waals surface area contributed by atoms with Gasteiger partial charge in [0, 0.05) is 32.2 Å². The summed E-state index contributed by atoms with van der Waals surface area (Å²) in [6.45, 7) is 6.60. The fourth-order valence-electron chi connectivity index (χ4n) is 2.38. The van der Waals surface area contributed by atoms with E-state index in [9.17, 15) is 5.11 Å². The van der Waals surface area contributed by atoms with E-state index >= 15 is 0 Å². The van der Waals surface area contributed by atoms with Crippen LogP contribution in [0.2, 0.25) is 5.02 Å². The Hall–Kier alpha value is -0.810. The normalized spacial score (nSPS) is 20.6. The van der Waals surface area contributed by atoms with Crippen LogP contribution < -0.4 is 4.74 Å². The van der Waals surface area contributed by atoms with Gasteiger partial charge in [-0.3, -0.25) is 4.90 Å². The topological polar surface area (TPSA) is 41.9 Å². The molecule has 0 spiro atoms. The molecule has 1 aliphatic heterocycles. The smallest absolute Gasteiger partial charge is 0.137 e. The molecule has 5 heteroatoms. The van der Waals surface area contributed by atoms with E-state index < -0.39 is 0 Å². The first-order valence-electron chi connectivity index (χ1n) is 7.05. The van der Waals surface area contributed by atoms with Crippen LogP contribution in [-0.4, -0.2) is 49.5 Å². The number of benzene rings is 1. The zero-order chi connectivity index (χ0) is 14.4. The average Bonchev–Trinajstić information content (AvgIpc) is 2.67. The molecule has 0 bridgehead atoms. The summed E-state index contributed by atoms with van der Waals surface area (Å²) in [4.78, 5) is 2.29. The Morgan fingerprint density at radius 3 is 3.05 bits per heavy atom. The summed E-state index contributed by atoms with van der Waals surface area (Å²) in [5, 5.41) is 9.94. The molecule has 1 N–H and O–H groups in total. The van der Waals surface area contributed by atoms with Crippen LogP contribution in [-0.2, 0) is 11.3 Å². The molecule has 1 fully saturated rings. The largest absolute Gasteiger partial charge is 0.492 e. The minimum atomic E-state index is 0.167. The molecule has 0 unspecified atom stereocenters. The highest BCUT2D eigenvalue weighted by Gasteiger charge is 2.18. The van der Waals surface area contributed by atoms with Gasteiger partial charge >= 0.3 is 0 Å². The van der Waals surface area contributed by atoms with Crippen LogP contribution in [0.5, 0.6) is 5.75 Å². The van der Waals surface area contributed by atoms with Crippen molar-refractivity contribution in [3.63, 3.8) is 0 Å². The third-order valence-corrected chi connectivity index (χ3v) is 3.68. The number of nitrogens with zero attached hydrogens (tertiary/aromatic N) is 1. The summed E-state index contributed by atoms with van der Waals surface area (Å²) in [6.07, 6.45) is 0. The highest BCUT2D eigenvalue weighted by Crippen LogP contribution is 2.26. The number of hydrogen-bond donors (Lipinski definition) is 1. The van der Waals surface area contributed by atoms with E-state index in [0.29, 0.717) is 24.8 Å². The van der Waals surface area contributed by atoms with Crippen molar-refractivity contribution in [2.45, 2.75) is 13.5 Å². The maximum atomic E-state index is 9.30. The van der Waals surface area contributed by atoms with Crippen LogP contribution in [0.15, 0.2) is 18.2 Å².